The van der Waals surface area contributed by atoms with Crippen LogP contribution in [0.15, 0.2) is 103 Å². The van der Waals surface area contributed by atoms with Crippen molar-refractivity contribution in [3.8, 4) is 5.75 Å². The summed E-state index contributed by atoms with van der Waals surface area (Å²) in [6.45, 7) is 1.92. The van der Waals surface area contributed by atoms with Gasteiger partial charge in [-0.15, -0.1) is 0 Å². The molecule has 0 aliphatic carbocycles. The molecule has 7 heteroatoms. The molecule has 2 atom stereocenters. The molecular formula is C29H27N3O4. The van der Waals surface area contributed by atoms with Crippen molar-refractivity contribution >= 4 is 17.7 Å². The summed E-state index contributed by atoms with van der Waals surface area (Å²) in [4.78, 5) is 29.7. The predicted octanol–water partition coefficient (Wildman–Crippen LogP) is 6.01. The standard InChI is InChI=1S/C29H27N3O4/c1-2-26(20-14-16-22(17-15-20)28(34)31-24-12-6-7-13-25(24)33)36-29(35)32-27(21-9-4-3-5-10-21)23-11-8-18-30-19-23/h3-19,26-27,33H,2H2,1H3,(H,31,34)(H,32,35)/t26-,27-/m0/s1. The normalized spacial score (nSPS) is 12.2. The van der Waals surface area contributed by atoms with Crippen LogP contribution in [0.4, 0.5) is 10.5 Å². The summed E-state index contributed by atoms with van der Waals surface area (Å²) in [6.07, 6.45) is 2.91. The highest BCUT2D eigenvalue weighted by atomic mass is 16.6. The number of alkyl carbamates (subject to hydrolysis) is 1. The zero-order valence-corrected chi connectivity index (χ0v) is 19.8. The van der Waals surface area contributed by atoms with Crippen LogP contribution in [0.3, 0.4) is 0 Å². The number of amides is 2. The van der Waals surface area contributed by atoms with Gasteiger partial charge in [0, 0.05) is 18.0 Å². The molecule has 0 aliphatic rings. The molecule has 1 heterocycles. The maximum atomic E-state index is 12.9. The lowest BCUT2D eigenvalue weighted by Crippen LogP contribution is -2.31. The van der Waals surface area contributed by atoms with Gasteiger partial charge in [-0.2, -0.15) is 0 Å². The van der Waals surface area contributed by atoms with Crippen molar-refractivity contribution in [2.24, 2.45) is 0 Å². The molecule has 0 unspecified atom stereocenters. The maximum Gasteiger partial charge on any atom is 0.408 e. The number of nitrogens with one attached hydrogen (secondary N) is 2. The van der Waals surface area contributed by atoms with Gasteiger partial charge in [0.15, 0.2) is 0 Å². The fourth-order valence-corrected chi connectivity index (χ4v) is 3.84. The van der Waals surface area contributed by atoms with Crippen molar-refractivity contribution < 1.29 is 19.4 Å². The topological polar surface area (TPSA) is 101 Å². The van der Waals surface area contributed by atoms with Crippen molar-refractivity contribution in [3.63, 3.8) is 0 Å². The van der Waals surface area contributed by atoms with E-state index in [0.29, 0.717) is 17.7 Å². The number of hydrogen-bond donors (Lipinski definition) is 3. The van der Waals surface area contributed by atoms with Gasteiger partial charge in [-0.25, -0.2) is 4.79 Å². The summed E-state index contributed by atoms with van der Waals surface area (Å²) >= 11 is 0. The third kappa shape index (κ3) is 6.07. The van der Waals surface area contributed by atoms with E-state index in [1.807, 2.05) is 49.4 Å². The molecule has 0 saturated carbocycles. The average molecular weight is 482 g/mol. The number of aromatic nitrogens is 1. The molecule has 3 N–H and O–H groups in total. The highest BCUT2D eigenvalue weighted by Gasteiger charge is 2.21. The first kappa shape index (κ1) is 24.5. The number of benzene rings is 3. The zero-order chi connectivity index (χ0) is 25.3. The molecule has 0 radical (unpaired) electrons. The van der Waals surface area contributed by atoms with E-state index in [2.05, 4.69) is 15.6 Å². The van der Waals surface area contributed by atoms with Gasteiger partial charge in [0.1, 0.15) is 11.9 Å². The molecule has 4 rings (SSSR count). The fourth-order valence-electron chi connectivity index (χ4n) is 3.84. The number of anilines is 1. The second-order valence-electron chi connectivity index (χ2n) is 8.17. The van der Waals surface area contributed by atoms with Crippen molar-refractivity contribution in [2.45, 2.75) is 25.5 Å². The highest BCUT2D eigenvalue weighted by molar-refractivity contribution is 6.05. The smallest absolute Gasteiger partial charge is 0.408 e. The number of phenolic OH excluding ortho intramolecular Hbond substituents is 1. The molecule has 4 aromatic rings. The second-order valence-corrected chi connectivity index (χ2v) is 8.17. The Morgan fingerprint density at radius 3 is 2.22 bits per heavy atom. The molecule has 2 amide bonds. The Kier molecular flexibility index (Phi) is 7.93. The minimum absolute atomic E-state index is 0.00646. The number of carbonyl (C=O) groups excluding carboxylic acids is 2. The number of rotatable bonds is 8. The lowest BCUT2D eigenvalue weighted by molar-refractivity contribution is 0.0930. The highest BCUT2D eigenvalue weighted by Crippen LogP contribution is 2.26. The molecule has 182 valence electrons. The van der Waals surface area contributed by atoms with E-state index in [0.717, 1.165) is 16.7 Å². The summed E-state index contributed by atoms with van der Waals surface area (Å²) in [5.41, 5.74) is 3.27. The molecule has 7 nitrogen and oxygen atoms in total. The van der Waals surface area contributed by atoms with Crippen LogP contribution in [0.25, 0.3) is 0 Å². The third-order valence-corrected chi connectivity index (χ3v) is 5.73. The van der Waals surface area contributed by atoms with Gasteiger partial charge in [-0.3, -0.25) is 9.78 Å². The number of para-hydroxylation sites is 2. The number of phenols is 1. The van der Waals surface area contributed by atoms with Gasteiger partial charge in [0.2, 0.25) is 0 Å². The fraction of sp³-hybridized carbons (Fsp3) is 0.138. The lowest BCUT2D eigenvalue weighted by atomic mass is 10.0. The van der Waals surface area contributed by atoms with Crippen LogP contribution in [0, 0.1) is 0 Å². The van der Waals surface area contributed by atoms with Gasteiger partial charge >= 0.3 is 6.09 Å². The SMILES string of the molecule is CC[C@H](OC(=O)N[C@@H](c1ccccc1)c1cccnc1)c1ccc(C(=O)Nc2ccccc2O)cc1. The van der Waals surface area contributed by atoms with Crippen LogP contribution < -0.4 is 10.6 Å². The average Bonchev–Trinajstić information content (AvgIpc) is 2.92. The Hall–Kier alpha value is -4.65. The summed E-state index contributed by atoms with van der Waals surface area (Å²) in [6, 6.07) is 26.3. The minimum atomic E-state index is -0.555. The molecule has 0 bridgehead atoms. The second kappa shape index (κ2) is 11.7. The molecule has 0 saturated heterocycles. The number of pyridine rings is 1. The summed E-state index contributed by atoms with van der Waals surface area (Å²) in [5, 5.41) is 15.5. The molecule has 0 fully saturated rings. The molecule has 0 spiro atoms. The monoisotopic (exact) mass is 481 g/mol. The van der Waals surface area contributed by atoms with Crippen molar-refractivity contribution in [3.05, 3.63) is 126 Å². The van der Waals surface area contributed by atoms with E-state index < -0.39 is 18.2 Å². The largest absolute Gasteiger partial charge is 0.506 e. The summed E-state index contributed by atoms with van der Waals surface area (Å²) in [7, 11) is 0. The minimum Gasteiger partial charge on any atom is -0.506 e. The van der Waals surface area contributed by atoms with Crippen LogP contribution in [0.2, 0.25) is 0 Å². The Balaban J connectivity index is 1.44. The van der Waals surface area contributed by atoms with Crippen LogP contribution in [-0.4, -0.2) is 22.1 Å². The Bertz CT molecular complexity index is 1260. The number of carbonyl (C=O) groups is 2. The quantitative estimate of drug-likeness (QED) is 0.268. The first-order chi connectivity index (χ1) is 17.5. The van der Waals surface area contributed by atoms with Crippen LogP contribution in [-0.2, 0) is 4.74 Å². The number of ether oxygens (including phenoxy) is 1. The van der Waals surface area contributed by atoms with Gasteiger partial charge in [0.25, 0.3) is 5.91 Å². The van der Waals surface area contributed by atoms with Crippen LogP contribution in [0.5, 0.6) is 5.75 Å². The molecule has 3 aromatic carbocycles. The third-order valence-electron chi connectivity index (χ3n) is 5.73. The van der Waals surface area contributed by atoms with Gasteiger partial charge in [-0.05, 0) is 53.4 Å². The summed E-state index contributed by atoms with van der Waals surface area (Å²) in [5.74, 6) is -0.357. The van der Waals surface area contributed by atoms with Crippen LogP contribution >= 0.6 is 0 Å². The van der Waals surface area contributed by atoms with Gasteiger partial charge < -0.3 is 20.5 Å². The summed E-state index contributed by atoms with van der Waals surface area (Å²) < 4.78 is 5.77. The molecule has 1 aromatic heterocycles. The van der Waals surface area contributed by atoms with E-state index in [-0.39, 0.29) is 11.7 Å². The van der Waals surface area contributed by atoms with Crippen molar-refractivity contribution in [1.82, 2.24) is 10.3 Å². The Morgan fingerprint density at radius 2 is 1.56 bits per heavy atom. The van der Waals surface area contributed by atoms with E-state index in [4.69, 9.17) is 4.74 Å². The number of hydrogen-bond acceptors (Lipinski definition) is 5. The predicted molar refractivity (Wildman–Crippen MR) is 138 cm³/mol. The van der Waals surface area contributed by atoms with Crippen LogP contribution in [0.1, 0.15) is 52.5 Å². The first-order valence-electron chi connectivity index (χ1n) is 11.7. The van der Waals surface area contributed by atoms with E-state index in [1.165, 1.54) is 6.07 Å². The molecular weight excluding hydrogens is 454 g/mol. The Labute approximate surface area is 209 Å². The zero-order valence-electron chi connectivity index (χ0n) is 19.8. The van der Waals surface area contributed by atoms with E-state index in [1.54, 1.807) is 54.9 Å². The van der Waals surface area contributed by atoms with Crippen molar-refractivity contribution in [1.29, 1.82) is 0 Å². The van der Waals surface area contributed by atoms with E-state index in [9.17, 15) is 14.7 Å². The van der Waals surface area contributed by atoms with Gasteiger partial charge in [0.05, 0.1) is 11.7 Å². The maximum absolute atomic E-state index is 12.9. The first-order valence-corrected chi connectivity index (χ1v) is 11.7. The van der Waals surface area contributed by atoms with Gasteiger partial charge in [-0.1, -0.05) is 67.6 Å². The van der Waals surface area contributed by atoms with E-state index >= 15 is 0 Å². The Morgan fingerprint density at radius 1 is 0.861 bits per heavy atom. The molecule has 36 heavy (non-hydrogen) atoms. The number of nitrogens with zero attached hydrogens (tertiary/aromatic N) is 1. The van der Waals surface area contributed by atoms with Crippen molar-refractivity contribution in [2.75, 3.05) is 5.32 Å². The lowest BCUT2D eigenvalue weighted by Gasteiger charge is -2.22. The molecule has 0 aliphatic heterocycles. The number of aromatic hydroxyl groups is 1.